The number of rotatable bonds is 5. The monoisotopic (exact) mass is 491 g/mol. The predicted molar refractivity (Wildman–Crippen MR) is 130 cm³/mol. The molecule has 0 aliphatic carbocycles. The van der Waals surface area contributed by atoms with Crippen molar-refractivity contribution >= 4 is 17.5 Å². The molecule has 5 rings (SSSR count). The maximum atomic E-state index is 14.4. The summed E-state index contributed by atoms with van der Waals surface area (Å²) in [5.74, 6) is -0.125. The topological polar surface area (TPSA) is 67.6 Å². The van der Waals surface area contributed by atoms with Crippen molar-refractivity contribution in [2.75, 3.05) is 13.2 Å². The Bertz CT molecular complexity index is 1340. The van der Waals surface area contributed by atoms with Gasteiger partial charge in [0.05, 0.1) is 24.8 Å². The summed E-state index contributed by atoms with van der Waals surface area (Å²) in [5, 5.41) is 15.3. The molecule has 0 saturated carbocycles. The van der Waals surface area contributed by atoms with Gasteiger partial charge in [-0.3, -0.25) is 9.48 Å². The Morgan fingerprint density at radius 3 is 2.77 bits per heavy atom. The van der Waals surface area contributed by atoms with Crippen LogP contribution >= 0.6 is 11.6 Å². The zero-order valence-corrected chi connectivity index (χ0v) is 19.5. The van der Waals surface area contributed by atoms with Crippen LogP contribution in [0.4, 0.5) is 4.39 Å². The molecule has 1 aliphatic heterocycles. The van der Waals surface area contributed by atoms with E-state index < -0.39 is 11.9 Å². The van der Waals surface area contributed by atoms with Crippen molar-refractivity contribution in [1.29, 1.82) is 0 Å². The first-order valence-electron chi connectivity index (χ1n) is 11.2. The van der Waals surface area contributed by atoms with Gasteiger partial charge in [-0.1, -0.05) is 54.1 Å². The number of hydrogen-bond donors (Lipinski definition) is 1. The second-order valence-corrected chi connectivity index (χ2v) is 8.80. The van der Waals surface area contributed by atoms with E-state index in [1.807, 2.05) is 30.3 Å². The van der Waals surface area contributed by atoms with E-state index in [2.05, 4.69) is 5.10 Å². The van der Waals surface area contributed by atoms with E-state index in [1.165, 1.54) is 18.2 Å². The van der Waals surface area contributed by atoms with Crippen molar-refractivity contribution in [1.82, 2.24) is 14.7 Å². The van der Waals surface area contributed by atoms with E-state index in [1.54, 1.807) is 40.2 Å². The van der Waals surface area contributed by atoms with E-state index in [0.29, 0.717) is 36.6 Å². The molecular formula is C27H23ClFN3O3. The fourth-order valence-electron chi connectivity index (χ4n) is 4.21. The Balaban J connectivity index is 1.36. The van der Waals surface area contributed by atoms with Crippen molar-refractivity contribution in [3.05, 3.63) is 118 Å². The lowest BCUT2D eigenvalue weighted by Crippen LogP contribution is -2.32. The molecule has 4 aromatic rings. The molecule has 0 radical (unpaired) electrons. The van der Waals surface area contributed by atoms with Gasteiger partial charge in [0.25, 0.3) is 5.91 Å². The van der Waals surface area contributed by atoms with Gasteiger partial charge >= 0.3 is 0 Å². The molecule has 0 bridgehead atoms. The average molecular weight is 492 g/mol. The van der Waals surface area contributed by atoms with E-state index in [4.69, 9.17) is 16.3 Å². The van der Waals surface area contributed by atoms with Gasteiger partial charge in [-0.05, 0) is 35.4 Å². The summed E-state index contributed by atoms with van der Waals surface area (Å²) in [5.41, 5.74) is 2.77. The quantitative estimate of drug-likeness (QED) is 0.434. The standard InChI is InChI=1S/C27H23ClFN3O3/c28-22-7-4-8-23(29)25(22)26(33)19-9-10-24-20(13-19)16-31(11-12-35-24)27(34)21-14-30-32(17-21)15-18-5-2-1-3-6-18/h1-10,13-14,17,26,33H,11-12,15-16H2/t26-/m0/s1. The Morgan fingerprint density at radius 2 is 1.97 bits per heavy atom. The van der Waals surface area contributed by atoms with E-state index in [0.717, 1.165) is 11.1 Å². The summed E-state index contributed by atoms with van der Waals surface area (Å²) in [6.45, 7) is 1.58. The van der Waals surface area contributed by atoms with Crippen molar-refractivity contribution in [2.24, 2.45) is 0 Å². The van der Waals surface area contributed by atoms with Gasteiger partial charge in [-0.25, -0.2) is 4.39 Å². The second-order valence-electron chi connectivity index (χ2n) is 8.39. The molecule has 1 atom stereocenters. The van der Waals surface area contributed by atoms with Crippen LogP contribution in [0, 0.1) is 5.82 Å². The molecule has 0 unspecified atom stereocenters. The van der Waals surface area contributed by atoms with Crippen LogP contribution in [-0.4, -0.2) is 38.8 Å². The molecule has 1 amide bonds. The fraction of sp³-hybridized carbons (Fsp3) is 0.185. The highest BCUT2D eigenvalue weighted by Crippen LogP contribution is 2.34. The number of aromatic nitrogens is 2. The highest BCUT2D eigenvalue weighted by molar-refractivity contribution is 6.31. The number of nitrogens with zero attached hydrogens (tertiary/aromatic N) is 3. The number of amides is 1. The third kappa shape index (κ3) is 4.92. The number of halogens is 2. The molecule has 35 heavy (non-hydrogen) atoms. The number of fused-ring (bicyclic) bond motifs is 1. The maximum Gasteiger partial charge on any atom is 0.257 e. The summed E-state index contributed by atoms with van der Waals surface area (Å²) in [6, 6.07) is 19.3. The summed E-state index contributed by atoms with van der Waals surface area (Å²) in [6.07, 6.45) is 2.05. The van der Waals surface area contributed by atoms with Crippen LogP contribution < -0.4 is 4.74 Å². The van der Waals surface area contributed by atoms with Gasteiger partial charge in [-0.15, -0.1) is 0 Å². The number of carbonyl (C=O) groups is 1. The highest BCUT2D eigenvalue weighted by Gasteiger charge is 2.25. The maximum absolute atomic E-state index is 14.4. The number of hydrogen-bond acceptors (Lipinski definition) is 4. The third-order valence-corrected chi connectivity index (χ3v) is 6.34. The van der Waals surface area contributed by atoms with Gasteiger partial charge in [0.2, 0.25) is 0 Å². The average Bonchev–Trinajstić information content (AvgIpc) is 3.21. The van der Waals surface area contributed by atoms with Crippen molar-refractivity contribution in [3.8, 4) is 5.75 Å². The smallest absolute Gasteiger partial charge is 0.257 e. The van der Waals surface area contributed by atoms with Crippen molar-refractivity contribution < 1.29 is 19.0 Å². The zero-order valence-electron chi connectivity index (χ0n) is 18.8. The largest absolute Gasteiger partial charge is 0.491 e. The minimum atomic E-state index is -1.25. The highest BCUT2D eigenvalue weighted by atomic mass is 35.5. The molecule has 1 N–H and O–H groups in total. The third-order valence-electron chi connectivity index (χ3n) is 6.01. The molecule has 8 heteroatoms. The summed E-state index contributed by atoms with van der Waals surface area (Å²) >= 11 is 6.14. The Labute approximate surface area is 207 Å². The van der Waals surface area contributed by atoms with Gasteiger partial charge in [0, 0.05) is 28.9 Å². The minimum absolute atomic E-state index is 0.0161. The minimum Gasteiger partial charge on any atom is -0.491 e. The van der Waals surface area contributed by atoms with Crippen molar-refractivity contribution in [3.63, 3.8) is 0 Å². The van der Waals surface area contributed by atoms with Gasteiger partial charge in [-0.2, -0.15) is 5.10 Å². The fourth-order valence-corrected chi connectivity index (χ4v) is 4.48. The van der Waals surface area contributed by atoms with Crippen LogP contribution in [0.15, 0.2) is 79.1 Å². The zero-order chi connectivity index (χ0) is 24.4. The predicted octanol–water partition coefficient (Wildman–Crippen LogP) is 4.84. The molecule has 1 aliphatic rings. The summed E-state index contributed by atoms with van der Waals surface area (Å²) < 4.78 is 21.9. The molecule has 0 spiro atoms. The molecule has 2 heterocycles. The Morgan fingerprint density at radius 1 is 1.14 bits per heavy atom. The van der Waals surface area contributed by atoms with E-state index in [-0.39, 0.29) is 23.0 Å². The number of ether oxygens (including phenoxy) is 1. The molecule has 0 saturated heterocycles. The van der Waals surface area contributed by atoms with Crippen molar-refractivity contribution in [2.45, 2.75) is 19.2 Å². The number of aliphatic hydroxyl groups excluding tert-OH is 1. The molecule has 1 aromatic heterocycles. The summed E-state index contributed by atoms with van der Waals surface area (Å²) in [7, 11) is 0. The summed E-state index contributed by atoms with van der Waals surface area (Å²) in [4.78, 5) is 14.9. The van der Waals surface area contributed by atoms with Crippen LogP contribution in [0.5, 0.6) is 5.75 Å². The Hall–Kier alpha value is -3.68. The molecule has 3 aromatic carbocycles. The molecule has 0 fully saturated rings. The van der Waals surface area contributed by atoms with Gasteiger partial charge < -0.3 is 14.7 Å². The SMILES string of the molecule is O=C(c1cnn(Cc2ccccc2)c1)N1CCOc2ccc([C@H](O)c3c(F)cccc3Cl)cc2C1. The van der Waals surface area contributed by atoms with Crippen LogP contribution in [-0.2, 0) is 13.1 Å². The number of carbonyl (C=O) groups excluding carboxylic acids is 1. The number of aliphatic hydroxyl groups is 1. The van der Waals surface area contributed by atoms with E-state index >= 15 is 0 Å². The van der Waals surface area contributed by atoms with Crippen LogP contribution in [0.2, 0.25) is 5.02 Å². The van der Waals surface area contributed by atoms with Crippen LogP contribution in [0.25, 0.3) is 0 Å². The molecule has 178 valence electrons. The lowest BCUT2D eigenvalue weighted by molar-refractivity contribution is 0.0733. The lowest BCUT2D eigenvalue weighted by atomic mass is 9.98. The molecule has 6 nitrogen and oxygen atoms in total. The first-order valence-corrected chi connectivity index (χ1v) is 11.6. The lowest BCUT2D eigenvalue weighted by Gasteiger charge is -2.20. The van der Waals surface area contributed by atoms with E-state index in [9.17, 15) is 14.3 Å². The van der Waals surface area contributed by atoms with Crippen LogP contribution in [0.1, 0.15) is 38.7 Å². The normalized spacial score (nSPS) is 14.1. The first-order chi connectivity index (χ1) is 17.0. The second kappa shape index (κ2) is 9.90. The Kier molecular flexibility index (Phi) is 6.53. The first kappa shape index (κ1) is 23.1. The number of benzene rings is 3. The molecular weight excluding hydrogens is 469 g/mol. The van der Waals surface area contributed by atoms with Gasteiger partial charge in [0.1, 0.15) is 24.3 Å². The van der Waals surface area contributed by atoms with Gasteiger partial charge in [0.15, 0.2) is 0 Å². The van der Waals surface area contributed by atoms with Crippen LogP contribution in [0.3, 0.4) is 0 Å².